The molecule has 0 aliphatic heterocycles. The van der Waals surface area contributed by atoms with E-state index in [1.165, 1.54) is 23.4 Å². The van der Waals surface area contributed by atoms with Crippen molar-refractivity contribution in [1.82, 2.24) is 4.98 Å². The molecule has 0 radical (unpaired) electrons. The lowest BCUT2D eigenvalue weighted by Gasteiger charge is -2.19. The lowest BCUT2D eigenvalue weighted by Crippen LogP contribution is -2.16. The monoisotopic (exact) mass is 182 g/mol. The first-order valence-electron chi connectivity index (χ1n) is 4.51. The van der Waals surface area contributed by atoms with E-state index in [-0.39, 0.29) is 0 Å². The lowest BCUT2D eigenvalue weighted by atomic mass is 9.88. The van der Waals surface area contributed by atoms with Crippen LogP contribution in [0, 0.1) is 5.92 Å². The Kier molecular flexibility index (Phi) is 2.42. The summed E-state index contributed by atoms with van der Waals surface area (Å²) in [6, 6.07) is 0. The van der Waals surface area contributed by atoms with E-state index in [9.17, 15) is 0 Å². The molecule has 1 aromatic heterocycles. The number of nitrogens with two attached hydrogens (primary N) is 1. The summed E-state index contributed by atoms with van der Waals surface area (Å²) < 4.78 is 0. The summed E-state index contributed by atoms with van der Waals surface area (Å²) >= 11 is 1.80. The van der Waals surface area contributed by atoms with Crippen molar-refractivity contribution in [3.63, 3.8) is 0 Å². The third-order valence-corrected chi connectivity index (χ3v) is 3.50. The standard InChI is InChI=1S/C9H14N2S/c10-4-3-7-1-2-9-8(5-7)11-6-12-9/h6-7H,1-5,10H2. The molecule has 1 heterocycles. The van der Waals surface area contributed by atoms with Crippen LogP contribution in [0.25, 0.3) is 0 Å². The van der Waals surface area contributed by atoms with Crippen molar-refractivity contribution in [2.24, 2.45) is 11.7 Å². The molecule has 0 saturated carbocycles. The minimum atomic E-state index is 0.796. The highest BCUT2D eigenvalue weighted by Gasteiger charge is 2.19. The zero-order valence-corrected chi connectivity index (χ0v) is 7.94. The van der Waals surface area contributed by atoms with Gasteiger partial charge < -0.3 is 5.73 Å². The van der Waals surface area contributed by atoms with Crippen LogP contribution in [-0.4, -0.2) is 11.5 Å². The number of aryl methyl sites for hydroxylation is 1. The number of aromatic nitrogens is 1. The lowest BCUT2D eigenvalue weighted by molar-refractivity contribution is 0.431. The van der Waals surface area contributed by atoms with Gasteiger partial charge in [0.05, 0.1) is 11.2 Å². The van der Waals surface area contributed by atoms with Crippen molar-refractivity contribution < 1.29 is 0 Å². The van der Waals surface area contributed by atoms with E-state index in [0.29, 0.717) is 0 Å². The fourth-order valence-corrected chi connectivity index (χ4v) is 2.67. The summed E-state index contributed by atoms with van der Waals surface area (Å²) in [5.74, 6) is 0.796. The first-order valence-corrected chi connectivity index (χ1v) is 5.39. The van der Waals surface area contributed by atoms with Gasteiger partial charge in [-0.1, -0.05) is 0 Å². The van der Waals surface area contributed by atoms with E-state index in [1.807, 2.05) is 5.51 Å². The molecule has 2 nitrogen and oxygen atoms in total. The van der Waals surface area contributed by atoms with Gasteiger partial charge in [-0.2, -0.15) is 0 Å². The summed E-state index contributed by atoms with van der Waals surface area (Å²) in [7, 11) is 0. The molecular formula is C9H14N2S. The Labute approximate surface area is 76.8 Å². The van der Waals surface area contributed by atoms with Crippen LogP contribution in [0.4, 0.5) is 0 Å². The summed E-state index contributed by atoms with van der Waals surface area (Å²) in [5, 5.41) is 0. The number of hydrogen-bond donors (Lipinski definition) is 1. The molecule has 1 aromatic rings. The molecule has 1 aliphatic rings. The van der Waals surface area contributed by atoms with Gasteiger partial charge in [0.15, 0.2) is 0 Å². The van der Waals surface area contributed by atoms with Crippen LogP contribution >= 0.6 is 11.3 Å². The van der Waals surface area contributed by atoms with E-state index in [0.717, 1.165) is 25.3 Å². The van der Waals surface area contributed by atoms with Gasteiger partial charge in [-0.15, -0.1) is 11.3 Å². The second-order valence-corrected chi connectivity index (χ2v) is 4.35. The largest absolute Gasteiger partial charge is 0.330 e. The van der Waals surface area contributed by atoms with Crippen LogP contribution in [-0.2, 0) is 12.8 Å². The number of hydrogen-bond acceptors (Lipinski definition) is 3. The second kappa shape index (κ2) is 3.54. The van der Waals surface area contributed by atoms with Crippen LogP contribution < -0.4 is 5.73 Å². The highest BCUT2D eigenvalue weighted by atomic mass is 32.1. The number of thiazole rings is 1. The van der Waals surface area contributed by atoms with E-state index < -0.39 is 0 Å². The van der Waals surface area contributed by atoms with Gasteiger partial charge in [-0.05, 0) is 38.1 Å². The number of nitrogens with zero attached hydrogens (tertiary/aromatic N) is 1. The molecule has 0 aromatic carbocycles. The smallest absolute Gasteiger partial charge is 0.0797 e. The van der Waals surface area contributed by atoms with Gasteiger partial charge in [0, 0.05) is 4.88 Å². The van der Waals surface area contributed by atoms with Crippen molar-refractivity contribution in [3.8, 4) is 0 Å². The molecule has 3 heteroatoms. The maximum atomic E-state index is 5.54. The van der Waals surface area contributed by atoms with E-state index in [4.69, 9.17) is 5.73 Å². The summed E-state index contributed by atoms with van der Waals surface area (Å²) in [6.07, 6.45) is 4.87. The Balaban J connectivity index is 2.05. The van der Waals surface area contributed by atoms with Crippen molar-refractivity contribution in [2.45, 2.75) is 25.7 Å². The molecule has 0 spiro atoms. The van der Waals surface area contributed by atoms with E-state index >= 15 is 0 Å². The van der Waals surface area contributed by atoms with Gasteiger partial charge in [0.25, 0.3) is 0 Å². The molecule has 0 bridgehead atoms. The Morgan fingerprint density at radius 1 is 1.67 bits per heavy atom. The van der Waals surface area contributed by atoms with Gasteiger partial charge in [-0.25, -0.2) is 4.98 Å². The first-order chi connectivity index (χ1) is 5.90. The van der Waals surface area contributed by atoms with Crippen molar-refractivity contribution in [2.75, 3.05) is 6.54 Å². The second-order valence-electron chi connectivity index (χ2n) is 3.41. The Bertz CT molecular complexity index is 257. The molecular weight excluding hydrogens is 168 g/mol. The number of fused-ring (bicyclic) bond motifs is 1. The van der Waals surface area contributed by atoms with Crippen molar-refractivity contribution >= 4 is 11.3 Å². The van der Waals surface area contributed by atoms with Crippen LogP contribution in [0.2, 0.25) is 0 Å². The topological polar surface area (TPSA) is 38.9 Å². The third kappa shape index (κ3) is 1.52. The predicted octanol–water partition coefficient (Wildman–Crippen LogP) is 1.60. The Morgan fingerprint density at radius 2 is 2.58 bits per heavy atom. The highest BCUT2D eigenvalue weighted by molar-refractivity contribution is 7.09. The third-order valence-electron chi connectivity index (χ3n) is 2.56. The molecule has 66 valence electrons. The highest BCUT2D eigenvalue weighted by Crippen LogP contribution is 2.28. The van der Waals surface area contributed by atoms with Gasteiger partial charge in [0.1, 0.15) is 0 Å². The van der Waals surface area contributed by atoms with Crippen molar-refractivity contribution in [3.05, 3.63) is 16.1 Å². The van der Waals surface area contributed by atoms with Crippen LogP contribution in [0.3, 0.4) is 0 Å². The van der Waals surface area contributed by atoms with Crippen molar-refractivity contribution in [1.29, 1.82) is 0 Å². The van der Waals surface area contributed by atoms with Gasteiger partial charge in [0.2, 0.25) is 0 Å². The molecule has 0 fully saturated rings. The molecule has 2 rings (SSSR count). The average molecular weight is 182 g/mol. The summed E-state index contributed by atoms with van der Waals surface area (Å²) in [6.45, 7) is 0.824. The average Bonchev–Trinajstić information content (AvgIpc) is 2.51. The van der Waals surface area contributed by atoms with E-state index in [2.05, 4.69) is 4.98 Å². The molecule has 12 heavy (non-hydrogen) atoms. The zero-order valence-electron chi connectivity index (χ0n) is 7.12. The molecule has 0 saturated heterocycles. The van der Waals surface area contributed by atoms with Gasteiger partial charge >= 0.3 is 0 Å². The molecule has 1 aliphatic carbocycles. The predicted molar refractivity (Wildman–Crippen MR) is 51.3 cm³/mol. The quantitative estimate of drug-likeness (QED) is 0.754. The normalized spacial score (nSPS) is 22.2. The van der Waals surface area contributed by atoms with E-state index in [1.54, 1.807) is 11.3 Å². The Morgan fingerprint density at radius 3 is 3.42 bits per heavy atom. The van der Waals surface area contributed by atoms with Crippen LogP contribution in [0.1, 0.15) is 23.4 Å². The maximum Gasteiger partial charge on any atom is 0.0797 e. The van der Waals surface area contributed by atoms with Crippen LogP contribution in [0.15, 0.2) is 5.51 Å². The summed E-state index contributed by atoms with van der Waals surface area (Å²) in [4.78, 5) is 5.87. The number of rotatable bonds is 2. The minimum absolute atomic E-state index is 0.796. The fourth-order valence-electron chi connectivity index (χ4n) is 1.86. The molecule has 0 amide bonds. The first kappa shape index (κ1) is 8.20. The fraction of sp³-hybridized carbons (Fsp3) is 0.667. The molecule has 1 atom stereocenters. The minimum Gasteiger partial charge on any atom is -0.330 e. The molecule has 2 N–H and O–H groups in total. The van der Waals surface area contributed by atoms with Crippen LogP contribution in [0.5, 0.6) is 0 Å². The molecule has 1 unspecified atom stereocenters. The Hall–Kier alpha value is -0.410. The zero-order chi connectivity index (χ0) is 8.39. The maximum absolute atomic E-state index is 5.54. The van der Waals surface area contributed by atoms with Gasteiger partial charge in [-0.3, -0.25) is 0 Å². The SMILES string of the molecule is NCCC1CCc2scnc2C1. The summed E-state index contributed by atoms with van der Waals surface area (Å²) in [5.41, 5.74) is 8.84.